The van der Waals surface area contributed by atoms with E-state index in [2.05, 4.69) is 46.9 Å². The van der Waals surface area contributed by atoms with Gasteiger partial charge in [0, 0.05) is 17.5 Å². The van der Waals surface area contributed by atoms with Crippen LogP contribution in [-0.4, -0.2) is 30.3 Å². The Balaban J connectivity index is 1.93. The molecular formula is C31H41FN2O3Si. The first-order valence-corrected chi connectivity index (χ1v) is 16.5. The predicted molar refractivity (Wildman–Crippen MR) is 154 cm³/mol. The van der Waals surface area contributed by atoms with Gasteiger partial charge in [0.15, 0.2) is 11.4 Å². The highest BCUT2D eigenvalue weighted by Crippen LogP contribution is 2.46. The second-order valence-corrected chi connectivity index (χ2v) is 16.3. The molecule has 1 aromatic carbocycles. The Kier molecular flexibility index (Phi) is 7.63. The van der Waals surface area contributed by atoms with Gasteiger partial charge in [0.2, 0.25) is 0 Å². The van der Waals surface area contributed by atoms with Crippen LogP contribution in [0.1, 0.15) is 79.5 Å². The summed E-state index contributed by atoms with van der Waals surface area (Å²) in [5, 5.41) is -0.0369. The quantitative estimate of drug-likeness (QED) is 0.217. The summed E-state index contributed by atoms with van der Waals surface area (Å²) in [5.74, 6) is 0.513. The maximum absolute atomic E-state index is 13.8. The Morgan fingerprint density at radius 3 is 2.61 bits per heavy atom. The molecule has 2 heterocycles. The van der Waals surface area contributed by atoms with E-state index in [1.807, 2.05) is 37.4 Å². The van der Waals surface area contributed by atoms with E-state index in [0.717, 1.165) is 52.1 Å². The number of halogens is 1. The normalized spacial score (nSPS) is 15.0. The fourth-order valence-corrected chi connectivity index (χ4v) is 7.49. The van der Waals surface area contributed by atoms with Crippen LogP contribution in [0.2, 0.25) is 18.1 Å². The van der Waals surface area contributed by atoms with Crippen molar-refractivity contribution in [1.82, 2.24) is 9.38 Å². The Hall–Kier alpha value is -2.93. The van der Waals surface area contributed by atoms with Crippen LogP contribution in [0.15, 0.2) is 30.5 Å². The minimum absolute atomic E-state index is 0.0369. The average Bonchev–Trinajstić information content (AvgIpc) is 3.37. The molecule has 0 amide bonds. The molecule has 0 unspecified atom stereocenters. The lowest BCUT2D eigenvalue weighted by Crippen LogP contribution is -2.48. The summed E-state index contributed by atoms with van der Waals surface area (Å²) >= 11 is 0. The Morgan fingerprint density at radius 2 is 1.95 bits per heavy atom. The van der Waals surface area contributed by atoms with Crippen LogP contribution in [0.25, 0.3) is 11.2 Å². The van der Waals surface area contributed by atoms with Gasteiger partial charge in [-0.25, -0.2) is 14.2 Å². The van der Waals surface area contributed by atoms with Crippen molar-refractivity contribution in [1.29, 1.82) is 0 Å². The monoisotopic (exact) mass is 536 g/mol. The highest BCUT2D eigenvalue weighted by atomic mass is 28.4. The summed E-state index contributed by atoms with van der Waals surface area (Å²) in [6.45, 7) is 19.6. The number of hydrogen-bond acceptors (Lipinski definition) is 4. The van der Waals surface area contributed by atoms with Crippen molar-refractivity contribution in [3.8, 4) is 5.75 Å². The van der Waals surface area contributed by atoms with Crippen molar-refractivity contribution in [2.75, 3.05) is 6.61 Å². The van der Waals surface area contributed by atoms with Gasteiger partial charge in [-0.15, -0.1) is 0 Å². The standard InChI is InChI=1S/C31H41FN2O3Si/c1-10-36-30(35)27-18-34-21(5)20(4)33-29(34)28(37-38(8,9)31(6,7)19(2)3)26(27)15-13-22-11-12-23-17-24(32)14-16-25(22)23/h13-14,16-19H,10-12,15H2,1-9H3. The van der Waals surface area contributed by atoms with Crippen molar-refractivity contribution >= 4 is 25.5 Å². The second kappa shape index (κ2) is 10.3. The minimum atomic E-state index is -2.36. The molecule has 0 saturated carbocycles. The first kappa shape index (κ1) is 28.1. The van der Waals surface area contributed by atoms with E-state index in [9.17, 15) is 9.18 Å². The molecule has 3 aromatic rings. The molecular weight excluding hydrogens is 495 g/mol. The molecule has 2 aromatic heterocycles. The van der Waals surface area contributed by atoms with Gasteiger partial charge in [0.25, 0.3) is 8.32 Å². The predicted octanol–water partition coefficient (Wildman–Crippen LogP) is 7.86. The summed E-state index contributed by atoms with van der Waals surface area (Å²) in [4.78, 5) is 18.2. The molecule has 0 aliphatic heterocycles. The largest absolute Gasteiger partial charge is 0.541 e. The molecule has 0 atom stereocenters. The van der Waals surface area contributed by atoms with Crippen molar-refractivity contribution in [3.05, 3.63) is 69.9 Å². The number of nitrogens with zero attached hydrogens (tertiary/aromatic N) is 2. The fraction of sp³-hybridized carbons (Fsp3) is 0.484. The number of ether oxygens (including phenoxy) is 1. The molecule has 7 heteroatoms. The first-order chi connectivity index (χ1) is 17.8. The third kappa shape index (κ3) is 4.93. The van der Waals surface area contributed by atoms with Crippen LogP contribution in [0.5, 0.6) is 5.75 Å². The van der Waals surface area contributed by atoms with Gasteiger partial charge in [-0.2, -0.15) is 0 Å². The van der Waals surface area contributed by atoms with Crippen LogP contribution in [0, 0.1) is 25.6 Å². The van der Waals surface area contributed by atoms with E-state index < -0.39 is 8.32 Å². The Labute approximate surface area is 227 Å². The maximum Gasteiger partial charge on any atom is 0.340 e. The number of pyridine rings is 1. The zero-order valence-corrected chi connectivity index (χ0v) is 25.3. The number of aryl methyl sites for hydroxylation is 3. The molecule has 0 spiro atoms. The smallest absolute Gasteiger partial charge is 0.340 e. The highest BCUT2D eigenvalue weighted by Gasteiger charge is 2.46. The van der Waals surface area contributed by atoms with Gasteiger partial charge in [-0.1, -0.05) is 39.8 Å². The Bertz CT molecular complexity index is 1420. The molecule has 38 heavy (non-hydrogen) atoms. The number of allylic oxidation sites excluding steroid dienone is 2. The molecule has 1 aliphatic carbocycles. The van der Waals surface area contributed by atoms with Gasteiger partial charge in [0.05, 0.1) is 17.9 Å². The lowest BCUT2D eigenvalue weighted by Gasteiger charge is -2.42. The SMILES string of the molecule is CCOC(=O)c1cn2c(C)c(C)nc2c(O[Si](C)(C)C(C)(C)C(C)C)c1CC=C1CCc2cc(F)ccc21. The van der Waals surface area contributed by atoms with Gasteiger partial charge in [0.1, 0.15) is 5.82 Å². The summed E-state index contributed by atoms with van der Waals surface area (Å²) in [6.07, 6.45) is 6.16. The van der Waals surface area contributed by atoms with E-state index in [4.69, 9.17) is 14.1 Å². The molecule has 1 aliphatic rings. The van der Waals surface area contributed by atoms with Crippen LogP contribution < -0.4 is 4.43 Å². The van der Waals surface area contributed by atoms with Crippen molar-refractivity contribution in [2.24, 2.45) is 5.92 Å². The van der Waals surface area contributed by atoms with Crippen LogP contribution in [-0.2, 0) is 17.6 Å². The van der Waals surface area contributed by atoms with Gasteiger partial charge >= 0.3 is 5.97 Å². The number of imidazole rings is 1. The third-order valence-corrected chi connectivity index (χ3v) is 13.3. The number of aromatic nitrogens is 2. The number of hydrogen-bond donors (Lipinski definition) is 0. The number of carbonyl (C=O) groups excluding carboxylic acids is 1. The second-order valence-electron chi connectivity index (χ2n) is 11.8. The van der Waals surface area contributed by atoms with Crippen LogP contribution in [0.4, 0.5) is 4.39 Å². The number of fused-ring (bicyclic) bond motifs is 2. The van der Waals surface area contributed by atoms with Crippen LogP contribution >= 0.6 is 0 Å². The topological polar surface area (TPSA) is 52.8 Å². The van der Waals surface area contributed by atoms with Crippen molar-refractivity contribution in [2.45, 2.75) is 85.9 Å². The molecule has 4 rings (SSSR count). The van der Waals surface area contributed by atoms with E-state index in [1.54, 1.807) is 6.07 Å². The van der Waals surface area contributed by atoms with Crippen molar-refractivity contribution < 1.29 is 18.3 Å². The lowest BCUT2D eigenvalue weighted by molar-refractivity contribution is 0.0524. The highest BCUT2D eigenvalue weighted by molar-refractivity contribution is 6.75. The summed E-state index contributed by atoms with van der Waals surface area (Å²) in [5.41, 5.74) is 7.16. The lowest BCUT2D eigenvalue weighted by atomic mass is 9.99. The summed E-state index contributed by atoms with van der Waals surface area (Å²) < 4.78 is 28.4. The zero-order valence-electron chi connectivity index (χ0n) is 24.3. The molecule has 204 valence electrons. The van der Waals surface area contributed by atoms with E-state index >= 15 is 0 Å². The molecule has 5 nitrogen and oxygen atoms in total. The molecule has 0 bridgehead atoms. The number of esters is 1. The zero-order chi connectivity index (χ0) is 28.0. The summed E-state index contributed by atoms with van der Waals surface area (Å²) in [7, 11) is -2.36. The van der Waals surface area contributed by atoms with Crippen LogP contribution in [0.3, 0.4) is 0 Å². The third-order valence-electron chi connectivity index (χ3n) is 8.92. The molecule has 0 radical (unpaired) electrons. The van der Waals surface area contributed by atoms with Crippen molar-refractivity contribution in [3.63, 3.8) is 0 Å². The maximum atomic E-state index is 13.8. The number of benzene rings is 1. The van der Waals surface area contributed by atoms with Gasteiger partial charge in [-0.3, -0.25) is 0 Å². The molecule has 0 saturated heterocycles. The number of carbonyl (C=O) groups is 1. The first-order valence-electron chi connectivity index (χ1n) is 13.6. The van der Waals surface area contributed by atoms with Gasteiger partial charge < -0.3 is 13.6 Å². The van der Waals surface area contributed by atoms with Gasteiger partial charge in [-0.05, 0) is 92.9 Å². The summed E-state index contributed by atoms with van der Waals surface area (Å²) in [6, 6.07) is 5.00. The fourth-order valence-electron chi connectivity index (χ4n) is 5.11. The van der Waals surface area contributed by atoms with E-state index in [-0.39, 0.29) is 23.4 Å². The van der Waals surface area contributed by atoms with E-state index in [0.29, 0.717) is 23.7 Å². The number of rotatable bonds is 8. The minimum Gasteiger partial charge on any atom is -0.541 e. The molecule has 0 N–H and O–H groups in total. The average molecular weight is 537 g/mol. The Morgan fingerprint density at radius 1 is 1.24 bits per heavy atom. The van der Waals surface area contributed by atoms with E-state index in [1.165, 1.54) is 6.07 Å². The molecule has 0 fully saturated rings.